The summed E-state index contributed by atoms with van der Waals surface area (Å²) in [5.41, 5.74) is 2.18. The maximum Gasteiger partial charge on any atom is 0.126 e. The summed E-state index contributed by atoms with van der Waals surface area (Å²) in [6.07, 6.45) is 1.78. The molecule has 0 unspecified atom stereocenters. The van der Waals surface area contributed by atoms with Gasteiger partial charge in [-0.3, -0.25) is 0 Å². The Balaban J connectivity index is 1.67. The van der Waals surface area contributed by atoms with Crippen LogP contribution in [0.25, 0.3) is 10.6 Å². The summed E-state index contributed by atoms with van der Waals surface area (Å²) in [6.45, 7) is 0.679. The predicted molar refractivity (Wildman–Crippen MR) is 86.8 cm³/mol. The van der Waals surface area contributed by atoms with Crippen molar-refractivity contribution in [3.63, 3.8) is 0 Å². The van der Waals surface area contributed by atoms with Gasteiger partial charge in [-0.15, -0.1) is 11.3 Å². The van der Waals surface area contributed by atoms with Crippen LogP contribution in [0.15, 0.2) is 58.5 Å². The molecule has 3 aromatic rings. The van der Waals surface area contributed by atoms with Gasteiger partial charge in [0, 0.05) is 21.6 Å². The zero-order chi connectivity index (χ0) is 13.8. The Morgan fingerprint density at radius 2 is 1.95 bits per heavy atom. The molecule has 0 atom stereocenters. The minimum atomic E-state index is 0.679. The Kier molecular flexibility index (Phi) is 4.08. The molecule has 0 aliphatic rings. The van der Waals surface area contributed by atoms with Crippen molar-refractivity contribution in [1.82, 2.24) is 9.97 Å². The van der Waals surface area contributed by atoms with E-state index in [0.717, 1.165) is 26.6 Å². The molecular weight excluding hydrogens is 334 g/mol. The number of pyridine rings is 1. The molecule has 3 rings (SSSR count). The van der Waals surface area contributed by atoms with E-state index in [1.165, 1.54) is 0 Å². The third-order valence-electron chi connectivity index (χ3n) is 2.75. The van der Waals surface area contributed by atoms with Crippen molar-refractivity contribution in [2.45, 2.75) is 6.54 Å². The summed E-state index contributed by atoms with van der Waals surface area (Å²) in [6, 6.07) is 14.1. The average molecular weight is 346 g/mol. The molecule has 100 valence electrons. The second kappa shape index (κ2) is 6.15. The van der Waals surface area contributed by atoms with Crippen molar-refractivity contribution in [3.8, 4) is 10.6 Å². The number of thiazole rings is 1. The van der Waals surface area contributed by atoms with Gasteiger partial charge in [0.1, 0.15) is 10.8 Å². The van der Waals surface area contributed by atoms with E-state index < -0.39 is 0 Å². The Hall–Kier alpha value is -1.72. The number of hydrogen-bond acceptors (Lipinski definition) is 4. The first-order chi connectivity index (χ1) is 9.81. The highest BCUT2D eigenvalue weighted by Gasteiger charge is 2.04. The molecular formula is C15H12BrN3S. The molecule has 3 nitrogen and oxygen atoms in total. The van der Waals surface area contributed by atoms with Crippen molar-refractivity contribution in [2.75, 3.05) is 5.32 Å². The van der Waals surface area contributed by atoms with Gasteiger partial charge in [0.2, 0.25) is 0 Å². The van der Waals surface area contributed by atoms with Gasteiger partial charge in [-0.1, -0.05) is 30.3 Å². The first-order valence-electron chi connectivity index (χ1n) is 6.16. The summed E-state index contributed by atoms with van der Waals surface area (Å²) >= 11 is 5.03. The molecule has 0 aliphatic heterocycles. The van der Waals surface area contributed by atoms with E-state index in [1.54, 1.807) is 17.5 Å². The van der Waals surface area contributed by atoms with Crippen LogP contribution >= 0.6 is 27.3 Å². The molecule has 0 aliphatic carbocycles. The number of anilines is 1. The van der Waals surface area contributed by atoms with Crippen LogP contribution in [0.1, 0.15) is 5.69 Å². The molecule has 2 aromatic heterocycles. The topological polar surface area (TPSA) is 37.8 Å². The van der Waals surface area contributed by atoms with Gasteiger partial charge in [-0.2, -0.15) is 0 Å². The lowest BCUT2D eigenvalue weighted by atomic mass is 10.2. The smallest absolute Gasteiger partial charge is 0.126 e. The van der Waals surface area contributed by atoms with Crippen LogP contribution in [0.4, 0.5) is 5.82 Å². The van der Waals surface area contributed by atoms with Gasteiger partial charge in [0.15, 0.2) is 0 Å². The molecule has 20 heavy (non-hydrogen) atoms. The Morgan fingerprint density at radius 1 is 1.10 bits per heavy atom. The highest BCUT2D eigenvalue weighted by atomic mass is 79.9. The van der Waals surface area contributed by atoms with E-state index >= 15 is 0 Å². The summed E-state index contributed by atoms with van der Waals surface area (Å²) in [4.78, 5) is 8.91. The third-order valence-corrected chi connectivity index (χ3v) is 4.16. The molecule has 0 bridgehead atoms. The van der Waals surface area contributed by atoms with Crippen LogP contribution in [0.5, 0.6) is 0 Å². The predicted octanol–water partition coefficient (Wildman–Crippen LogP) is 4.58. The van der Waals surface area contributed by atoms with Gasteiger partial charge in [-0.25, -0.2) is 9.97 Å². The molecule has 5 heteroatoms. The first kappa shape index (κ1) is 13.3. The minimum absolute atomic E-state index is 0.679. The molecule has 0 amide bonds. The SMILES string of the molecule is Brc1ccc(NCc2csc(-c3ccccc3)n2)nc1. The zero-order valence-electron chi connectivity index (χ0n) is 10.6. The fourth-order valence-electron chi connectivity index (χ4n) is 1.76. The van der Waals surface area contributed by atoms with Crippen LogP contribution in [-0.4, -0.2) is 9.97 Å². The second-order valence-electron chi connectivity index (χ2n) is 4.23. The van der Waals surface area contributed by atoms with E-state index in [9.17, 15) is 0 Å². The number of benzene rings is 1. The van der Waals surface area contributed by atoms with Crippen LogP contribution in [0.2, 0.25) is 0 Å². The van der Waals surface area contributed by atoms with Crippen LogP contribution in [0, 0.1) is 0 Å². The molecule has 1 N–H and O–H groups in total. The van der Waals surface area contributed by atoms with Crippen LogP contribution in [-0.2, 0) is 6.54 Å². The maximum atomic E-state index is 4.63. The normalized spacial score (nSPS) is 10.4. The number of nitrogens with zero attached hydrogens (tertiary/aromatic N) is 2. The number of halogens is 1. The van der Waals surface area contributed by atoms with Gasteiger partial charge in [0.05, 0.1) is 12.2 Å². The van der Waals surface area contributed by atoms with Crippen molar-refractivity contribution >= 4 is 33.1 Å². The molecule has 0 spiro atoms. The van der Waals surface area contributed by atoms with Crippen molar-refractivity contribution in [2.24, 2.45) is 0 Å². The fraction of sp³-hybridized carbons (Fsp3) is 0.0667. The molecule has 0 radical (unpaired) electrons. The molecule has 0 saturated carbocycles. The van der Waals surface area contributed by atoms with Crippen LogP contribution < -0.4 is 5.32 Å². The van der Waals surface area contributed by atoms with E-state index in [-0.39, 0.29) is 0 Å². The number of hydrogen-bond donors (Lipinski definition) is 1. The van der Waals surface area contributed by atoms with Gasteiger partial charge >= 0.3 is 0 Å². The first-order valence-corrected chi connectivity index (χ1v) is 7.84. The Labute approximate surface area is 129 Å². The zero-order valence-corrected chi connectivity index (χ0v) is 13.0. The van der Waals surface area contributed by atoms with Gasteiger partial charge in [-0.05, 0) is 28.1 Å². The van der Waals surface area contributed by atoms with E-state index in [2.05, 4.69) is 48.7 Å². The lowest BCUT2D eigenvalue weighted by molar-refractivity contribution is 1.05. The highest BCUT2D eigenvalue weighted by Crippen LogP contribution is 2.23. The van der Waals surface area contributed by atoms with Crippen LogP contribution in [0.3, 0.4) is 0 Å². The van der Waals surface area contributed by atoms with E-state index in [0.29, 0.717) is 6.54 Å². The van der Waals surface area contributed by atoms with Crippen molar-refractivity contribution in [1.29, 1.82) is 0 Å². The maximum absolute atomic E-state index is 4.63. The molecule has 2 heterocycles. The second-order valence-corrected chi connectivity index (χ2v) is 6.00. The van der Waals surface area contributed by atoms with Crippen molar-refractivity contribution < 1.29 is 0 Å². The fourth-order valence-corrected chi connectivity index (χ4v) is 2.82. The lowest BCUT2D eigenvalue weighted by Crippen LogP contribution is -2.01. The van der Waals surface area contributed by atoms with Gasteiger partial charge in [0.25, 0.3) is 0 Å². The number of aromatic nitrogens is 2. The molecule has 1 aromatic carbocycles. The monoisotopic (exact) mass is 345 g/mol. The largest absolute Gasteiger partial charge is 0.364 e. The highest BCUT2D eigenvalue weighted by molar-refractivity contribution is 9.10. The summed E-state index contributed by atoms with van der Waals surface area (Å²) in [7, 11) is 0. The summed E-state index contributed by atoms with van der Waals surface area (Å²) in [5, 5.41) is 6.39. The minimum Gasteiger partial charge on any atom is -0.364 e. The summed E-state index contributed by atoms with van der Waals surface area (Å²) < 4.78 is 0.975. The number of nitrogens with one attached hydrogen (secondary N) is 1. The quantitative estimate of drug-likeness (QED) is 0.751. The molecule has 0 fully saturated rings. The standard InChI is InChI=1S/C15H12BrN3S/c16-12-6-7-14(17-8-12)18-9-13-10-20-15(19-13)11-4-2-1-3-5-11/h1-8,10H,9H2,(H,17,18). The van der Waals surface area contributed by atoms with E-state index in [4.69, 9.17) is 0 Å². The Bertz CT molecular complexity index is 680. The van der Waals surface area contributed by atoms with E-state index in [1.807, 2.05) is 30.3 Å². The van der Waals surface area contributed by atoms with Crippen molar-refractivity contribution in [3.05, 3.63) is 64.2 Å². The molecule has 0 saturated heterocycles. The number of rotatable bonds is 4. The third kappa shape index (κ3) is 3.23. The average Bonchev–Trinajstić information content (AvgIpc) is 2.97. The summed E-state index contributed by atoms with van der Waals surface area (Å²) in [5.74, 6) is 0.850. The Morgan fingerprint density at radius 3 is 2.70 bits per heavy atom. The van der Waals surface area contributed by atoms with Gasteiger partial charge < -0.3 is 5.32 Å². The lowest BCUT2D eigenvalue weighted by Gasteiger charge is -2.02.